The molecule has 0 nitrogen and oxygen atoms in total. The van der Waals surface area contributed by atoms with Gasteiger partial charge in [0.25, 0.3) is 0 Å². The van der Waals surface area contributed by atoms with Gasteiger partial charge in [-0.2, -0.15) is 0 Å². The van der Waals surface area contributed by atoms with Crippen molar-refractivity contribution in [1.29, 1.82) is 0 Å². The van der Waals surface area contributed by atoms with Gasteiger partial charge in [-0.15, -0.1) is 0 Å². The van der Waals surface area contributed by atoms with E-state index in [-0.39, 0.29) is 0 Å². The number of rotatable bonds is 5. The van der Waals surface area contributed by atoms with E-state index >= 15 is 0 Å². The van der Waals surface area contributed by atoms with Crippen LogP contribution in [0.2, 0.25) is 25.7 Å². The highest BCUT2D eigenvalue weighted by molar-refractivity contribution is 6.76. The first kappa shape index (κ1) is 11.7. The van der Waals surface area contributed by atoms with E-state index in [1.807, 2.05) is 0 Å². The molecule has 12 heavy (non-hydrogen) atoms. The fraction of sp³-hybridized carbons (Fsp3) is 0.636. The number of unbranched alkanes of at least 4 members (excludes halogenated alkanes) is 1. The van der Waals surface area contributed by atoms with Crippen molar-refractivity contribution in [3.63, 3.8) is 0 Å². The van der Waals surface area contributed by atoms with Crippen LogP contribution in [-0.2, 0) is 0 Å². The van der Waals surface area contributed by atoms with Gasteiger partial charge in [0.1, 0.15) is 0 Å². The normalized spacial score (nSPS) is 13.3. The first-order valence-corrected chi connectivity index (χ1v) is 8.53. The molecular weight excluding hydrogens is 160 g/mol. The smallest absolute Gasteiger partial charge is 0.0480 e. The Kier molecular flexibility index (Phi) is 6.08. The third-order valence-corrected chi connectivity index (χ3v) is 3.09. The summed E-state index contributed by atoms with van der Waals surface area (Å²) in [5.41, 5.74) is 0. The van der Waals surface area contributed by atoms with Gasteiger partial charge in [-0.05, 0) is 25.8 Å². The Balaban J connectivity index is 3.38. The van der Waals surface area contributed by atoms with Crippen LogP contribution < -0.4 is 0 Å². The van der Waals surface area contributed by atoms with Gasteiger partial charge in [-0.3, -0.25) is 0 Å². The summed E-state index contributed by atoms with van der Waals surface area (Å²) in [4.78, 5) is 0. The lowest BCUT2D eigenvalue weighted by Crippen LogP contribution is -2.17. The molecule has 0 spiro atoms. The van der Waals surface area contributed by atoms with Crippen LogP contribution in [0, 0.1) is 0 Å². The monoisotopic (exact) mass is 182 g/mol. The summed E-state index contributed by atoms with van der Waals surface area (Å²) in [6, 6.07) is 1.32. The first-order chi connectivity index (χ1) is 5.56. The summed E-state index contributed by atoms with van der Waals surface area (Å²) in [7, 11) is -0.831. The van der Waals surface area contributed by atoms with Crippen molar-refractivity contribution < 1.29 is 0 Å². The topological polar surface area (TPSA) is 0 Å². The molecule has 70 valence electrons. The molecule has 0 aliphatic rings. The molecule has 0 bridgehead atoms. The van der Waals surface area contributed by atoms with Crippen LogP contribution >= 0.6 is 0 Å². The maximum Gasteiger partial charge on any atom is 0.0480 e. The quantitative estimate of drug-likeness (QED) is 0.339. The molecule has 1 heteroatoms. The lowest BCUT2D eigenvalue weighted by Gasteiger charge is -2.11. The van der Waals surface area contributed by atoms with E-state index in [9.17, 15) is 0 Å². The minimum atomic E-state index is -0.831. The minimum absolute atomic E-state index is 0.831. The average molecular weight is 182 g/mol. The van der Waals surface area contributed by atoms with Crippen LogP contribution in [0.25, 0.3) is 0 Å². The molecule has 0 saturated heterocycles. The fourth-order valence-electron chi connectivity index (χ4n) is 0.914. The SMILES string of the molecule is C/C=C/CC/C=C/C[Si](C)(C)C. The Hall–Kier alpha value is -0.303. The molecule has 0 aromatic carbocycles. The second kappa shape index (κ2) is 6.24. The van der Waals surface area contributed by atoms with E-state index in [0.717, 1.165) is 0 Å². The van der Waals surface area contributed by atoms with E-state index in [1.165, 1.54) is 18.9 Å². The highest BCUT2D eigenvalue weighted by Gasteiger charge is 2.08. The van der Waals surface area contributed by atoms with Crippen LogP contribution in [0.4, 0.5) is 0 Å². The third kappa shape index (κ3) is 9.70. The predicted molar refractivity (Wildman–Crippen MR) is 61.3 cm³/mol. The van der Waals surface area contributed by atoms with E-state index in [2.05, 4.69) is 50.9 Å². The molecule has 0 radical (unpaired) electrons. The summed E-state index contributed by atoms with van der Waals surface area (Å²) in [6.45, 7) is 9.29. The summed E-state index contributed by atoms with van der Waals surface area (Å²) in [5.74, 6) is 0. The average Bonchev–Trinajstić information content (AvgIpc) is 1.94. The molecule has 0 unspecified atom stereocenters. The van der Waals surface area contributed by atoms with Gasteiger partial charge in [0.15, 0.2) is 0 Å². The van der Waals surface area contributed by atoms with E-state index < -0.39 is 8.07 Å². The Bertz CT molecular complexity index is 149. The van der Waals surface area contributed by atoms with E-state index in [4.69, 9.17) is 0 Å². The van der Waals surface area contributed by atoms with Crippen molar-refractivity contribution in [1.82, 2.24) is 0 Å². The third-order valence-electron chi connectivity index (χ3n) is 1.63. The molecule has 0 rings (SSSR count). The molecule has 0 aromatic rings. The Morgan fingerprint density at radius 1 is 0.917 bits per heavy atom. The summed E-state index contributed by atoms with van der Waals surface area (Å²) in [6.07, 6.45) is 11.4. The molecule has 0 aromatic heterocycles. The van der Waals surface area contributed by atoms with Crippen molar-refractivity contribution in [2.45, 2.75) is 45.5 Å². The number of allylic oxidation sites excluding steroid dienone is 4. The zero-order valence-electron chi connectivity index (χ0n) is 8.93. The van der Waals surface area contributed by atoms with E-state index in [0.29, 0.717) is 0 Å². The van der Waals surface area contributed by atoms with Crippen LogP contribution in [0.15, 0.2) is 24.3 Å². The second-order valence-corrected chi connectivity index (χ2v) is 9.91. The molecule has 0 atom stereocenters. The van der Waals surface area contributed by atoms with Crippen molar-refractivity contribution in [2.75, 3.05) is 0 Å². The van der Waals surface area contributed by atoms with Gasteiger partial charge in [0, 0.05) is 8.07 Å². The van der Waals surface area contributed by atoms with Crippen molar-refractivity contribution in [3.8, 4) is 0 Å². The fourth-order valence-corrected chi connectivity index (χ4v) is 1.79. The zero-order chi connectivity index (χ0) is 9.45. The van der Waals surface area contributed by atoms with Gasteiger partial charge in [-0.25, -0.2) is 0 Å². The largest absolute Gasteiger partial charge is 0.0917 e. The standard InChI is InChI=1S/C11H22Si/c1-5-6-7-8-9-10-11-12(2,3)4/h5-6,9-10H,7-8,11H2,1-4H3/b6-5+,10-9+. The van der Waals surface area contributed by atoms with Gasteiger partial charge < -0.3 is 0 Å². The summed E-state index contributed by atoms with van der Waals surface area (Å²) >= 11 is 0. The first-order valence-electron chi connectivity index (χ1n) is 4.82. The summed E-state index contributed by atoms with van der Waals surface area (Å²) < 4.78 is 0. The molecule has 0 aliphatic heterocycles. The van der Waals surface area contributed by atoms with E-state index in [1.54, 1.807) is 0 Å². The zero-order valence-corrected chi connectivity index (χ0v) is 9.93. The molecule has 0 N–H and O–H groups in total. The molecule has 0 amide bonds. The molecule has 0 fully saturated rings. The predicted octanol–water partition coefficient (Wildman–Crippen LogP) is 4.24. The Morgan fingerprint density at radius 2 is 1.50 bits per heavy atom. The second-order valence-electron chi connectivity index (χ2n) is 4.38. The van der Waals surface area contributed by atoms with Crippen molar-refractivity contribution in [3.05, 3.63) is 24.3 Å². The lowest BCUT2D eigenvalue weighted by molar-refractivity contribution is 1.05. The van der Waals surface area contributed by atoms with Crippen molar-refractivity contribution in [2.24, 2.45) is 0 Å². The Labute approximate surface area is 78.4 Å². The summed E-state index contributed by atoms with van der Waals surface area (Å²) in [5, 5.41) is 0. The van der Waals surface area contributed by atoms with Crippen LogP contribution in [0.5, 0.6) is 0 Å². The van der Waals surface area contributed by atoms with Crippen LogP contribution in [0.3, 0.4) is 0 Å². The molecular formula is C11H22Si. The maximum atomic E-state index is 2.41. The highest BCUT2D eigenvalue weighted by Crippen LogP contribution is 2.08. The Morgan fingerprint density at radius 3 is 2.00 bits per heavy atom. The number of hydrogen-bond acceptors (Lipinski definition) is 0. The maximum absolute atomic E-state index is 2.41. The minimum Gasteiger partial charge on any atom is -0.0917 e. The van der Waals surface area contributed by atoms with Crippen molar-refractivity contribution >= 4 is 8.07 Å². The van der Waals surface area contributed by atoms with Gasteiger partial charge in [0.2, 0.25) is 0 Å². The molecule has 0 heterocycles. The van der Waals surface area contributed by atoms with Crippen LogP contribution in [0.1, 0.15) is 19.8 Å². The van der Waals surface area contributed by atoms with Gasteiger partial charge in [-0.1, -0.05) is 43.9 Å². The lowest BCUT2D eigenvalue weighted by atomic mass is 10.3. The number of hydrogen-bond donors (Lipinski definition) is 0. The van der Waals surface area contributed by atoms with Gasteiger partial charge >= 0.3 is 0 Å². The molecule has 0 saturated carbocycles. The molecule has 0 aliphatic carbocycles. The highest BCUT2D eigenvalue weighted by atomic mass is 28.3. The van der Waals surface area contributed by atoms with Crippen LogP contribution in [-0.4, -0.2) is 8.07 Å². The van der Waals surface area contributed by atoms with Gasteiger partial charge in [0.05, 0.1) is 0 Å².